The molecular formula is C24H21N6PS. The molecule has 6 aromatic rings. The van der Waals surface area contributed by atoms with E-state index in [2.05, 4.69) is 31.9 Å². The van der Waals surface area contributed by atoms with Gasteiger partial charge in [0.15, 0.2) is 16.7 Å². The van der Waals surface area contributed by atoms with Crippen LogP contribution in [0.1, 0.15) is 0 Å². The molecule has 8 heteroatoms. The molecule has 3 aromatic heterocycles. The highest BCUT2D eigenvalue weighted by Gasteiger charge is 2.38. The van der Waals surface area contributed by atoms with Gasteiger partial charge in [0.25, 0.3) is 0 Å². The molecule has 3 heterocycles. The Hall–Kier alpha value is -3.28. The number of hydrogen-bond donors (Lipinski definition) is 0. The molecule has 0 saturated heterocycles. The second-order valence-corrected chi connectivity index (χ2v) is 12.0. The summed E-state index contributed by atoms with van der Waals surface area (Å²) < 4.78 is 6.36. The van der Waals surface area contributed by atoms with Gasteiger partial charge in [-0.1, -0.05) is 48.2 Å². The van der Waals surface area contributed by atoms with Crippen LogP contribution in [0.5, 0.6) is 0 Å². The SMILES string of the molecule is Cn1c(P(=S)(c2nc3ccccc3n2C)c2nc3ccccc3n2C)nc2ccccc21. The third-order valence-electron chi connectivity index (χ3n) is 6.14. The van der Waals surface area contributed by atoms with Crippen LogP contribution < -0.4 is 16.7 Å². The molecule has 0 spiro atoms. The fraction of sp³-hybridized carbons (Fsp3) is 0.125. The molecular weight excluding hydrogens is 435 g/mol. The van der Waals surface area contributed by atoms with Crippen LogP contribution in [-0.2, 0) is 32.9 Å². The van der Waals surface area contributed by atoms with Crippen molar-refractivity contribution in [2.75, 3.05) is 0 Å². The van der Waals surface area contributed by atoms with E-state index in [0.717, 1.165) is 49.8 Å². The summed E-state index contributed by atoms with van der Waals surface area (Å²) in [6, 6.07) is 21.7. The Morgan fingerprint density at radius 2 is 0.812 bits per heavy atom. The monoisotopic (exact) mass is 456 g/mol. The van der Waals surface area contributed by atoms with Crippen LogP contribution in [0, 0.1) is 0 Å². The number of fused-ring (bicyclic) bond motifs is 3. The van der Waals surface area contributed by atoms with Crippen molar-refractivity contribution in [3.05, 3.63) is 72.8 Å². The maximum absolute atomic E-state index is 6.65. The molecule has 158 valence electrons. The zero-order valence-corrected chi connectivity index (χ0v) is 19.7. The van der Waals surface area contributed by atoms with Crippen LogP contribution >= 0.6 is 6.04 Å². The first kappa shape index (κ1) is 19.4. The number of rotatable bonds is 3. The minimum atomic E-state index is -2.72. The van der Waals surface area contributed by atoms with Crippen molar-refractivity contribution < 1.29 is 0 Å². The Labute approximate surface area is 190 Å². The highest BCUT2D eigenvalue weighted by molar-refractivity contribution is 8.25. The molecule has 0 aliphatic heterocycles. The number of nitrogens with zero attached hydrogens (tertiary/aromatic N) is 6. The highest BCUT2D eigenvalue weighted by Crippen LogP contribution is 2.43. The van der Waals surface area contributed by atoms with E-state index in [9.17, 15) is 0 Å². The summed E-state index contributed by atoms with van der Waals surface area (Å²) in [6.45, 7) is 0. The van der Waals surface area contributed by atoms with Crippen LogP contribution in [0.4, 0.5) is 0 Å². The van der Waals surface area contributed by atoms with Gasteiger partial charge in [0, 0.05) is 21.1 Å². The normalized spacial score (nSPS) is 12.3. The Morgan fingerprint density at radius 1 is 0.531 bits per heavy atom. The van der Waals surface area contributed by atoms with Crippen molar-refractivity contribution in [2.45, 2.75) is 0 Å². The molecule has 6 rings (SSSR count). The van der Waals surface area contributed by atoms with Gasteiger partial charge >= 0.3 is 0 Å². The fourth-order valence-corrected chi connectivity index (χ4v) is 8.85. The molecule has 0 radical (unpaired) electrons. The topological polar surface area (TPSA) is 53.5 Å². The molecule has 0 unspecified atom stereocenters. The quantitative estimate of drug-likeness (QED) is 0.384. The predicted octanol–water partition coefficient (Wildman–Crippen LogP) is 3.10. The first-order valence-corrected chi connectivity index (χ1v) is 13.2. The smallest absolute Gasteiger partial charge is 0.157 e. The van der Waals surface area contributed by atoms with E-state index in [4.69, 9.17) is 26.8 Å². The summed E-state index contributed by atoms with van der Waals surface area (Å²) in [5.74, 6) is 0. The maximum atomic E-state index is 6.65. The van der Waals surface area contributed by atoms with Gasteiger partial charge in [-0.3, -0.25) is 0 Å². The average Bonchev–Trinajstić information content (AvgIpc) is 3.46. The van der Waals surface area contributed by atoms with Crippen LogP contribution in [0.2, 0.25) is 0 Å². The lowest BCUT2D eigenvalue weighted by atomic mass is 10.3. The summed E-state index contributed by atoms with van der Waals surface area (Å²) in [7, 11) is 6.12. The lowest BCUT2D eigenvalue weighted by Crippen LogP contribution is -2.38. The maximum Gasteiger partial charge on any atom is 0.157 e. The van der Waals surface area contributed by atoms with Crippen LogP contribution in [0.15, 0.2) is 72.8 Å². The van der Waals surface area contributed by atoms with Crippen LogP contribution in [-0.4, -0.2) is 28.7 Å². The minimum Gasteiger partial charge on any atom is -0.326 e. The molecule has 0 N–H and O–H groups in total. The van der Waals surface area contributed by atoms with Gasteiger partial charge in [-0.2, -0.15) is 0 Å². The average molecular weight is 457 g/mol. The Kier molecular flexibility index (Phi) is 4.16. The van der Waals surface area contributed by atoms with Gasteiger partial charge in [-0.05, 0) is 36.4 Å². The van der Waals surface area contributed by atoms with E-state index in [1.165, 1.54) is 0 Å². The third kappa shape index (κ3) is 2.52. The molecule has 32 heavy (non-hydrogen) atoms. The summed E-state index contributed by atoms with van der Waals surface area (Å²) >= 11 is 6.65. The summed E-state index contributed by atoms with van der Waals surface area (Å²) in [5.41, 5.74) is 8.45. The van der Waals surface area contributed by atoms with Crippen molar-refractivity contribution in [3.63, 3.8) is 0 Å². The van der Waals surface area contributed by atoms with E-state index in [1.54, 1.807) is 0 Å². The standard InChI is InChI=1S/C24H21N6PS/c1-28-19-13-7-4-10-16(19)25-22(28)31(32,23-26-17-11-5-8-14-20(17)29(23)2)24-27-18-12-6-9-15-21(18)30(24)3/h4-15H,1-3H3. The number of hydrogen-bond acceptors (Lipinski definition) is 4. The summed E-state index contributed by atoms with van der Waals surface area (Å²) in [6.07, 6.45) is 0. The number of para-hydroxylation sites is 6. The van der Waals surface area contributed by atoms with Crippen molar-refractivity contribution in [3.8, 4) is 0 Å². The number of aromatic nitrogens is 6. The molecule has 0 amide bonds. The van der Waals surface area contributed by atoms with Crippen molar-refractivity contribution in [1.82, 2.24) is 28.7 Å². The lowest BCUT2D eigenvalue weighted by molar-refractivity contribution is 0.965. The summed E-state index contributed by atoms with van der Waals surface area (Å²) in [4.78, 5) is 15.2. The zero-order valence-electron chi connectivity index (χ0n) is 18.0. The van der Waals surface area contributed by atoms with Gasteiger partial charge in [-0.25, -0.2) is 15.0 Å². The molecule has 0 aliphatic rings. The van der Waals surface area contributed by atoms with E-state index in [0.29, 0.717) is 0 Å². The molecule has 0 aliphatic carbocycles. The number of aryl methyl sites for hydroxylation is 3. The van der Waals surface area contributed by atoms with Crippen molar-refractivity contribution in [1.29, 1.82) is 0 Å². The van der Waals surface area contributed by atoms with Gasteiger partial charge in [0.1, 0.15) is 6.04 Å². The minimum absolute atomic E-state index is 0.838. The zero-order chi connectivity index (χ0) is 22.0. The van der Waals surface area contributed by atoms with Gasteiger partial charge in [-0.15, -0.1) is 0 Å². The van der Waals surface area contributed by atoms with Crippen molar-refractivity contribution >= 4 is 67.6 Å². The van der Waals surface area contributed by atoms with Crippen LogP contribution in [0.25, 0.3) is 33.1 Å². The van der Waals surface area contributed by atoms with E-state index in [1.807, 2.05) is 75.7 Å². The number of imidazole rings is 3. The largest absolute Gasteiger partial charge is 0.326 e. The Morgan fingerprint density at radius 3 is 1.09 bits per heavy atom. The predicted molar refractivity (Wildman–Crippen MR) is 135 cm³/mol. The van der Waals surface area contributed by atoms with Crippen molar-refractivity contribution in [2.24, 2.45) is 21.1 Å². The molecule has 0 fully saturated rings. The van der Waals surface area contributed by atoms with E-state index in [-0.39, 0.29) is 0 Å². The lowest BCUT2D eigenvalue weighted by Gasteiger charge is -2.21. The molecule has 0 bridgehead atoms. The van der Waals surface area contributed by atoms with E-state index >= 15 is 0 Å². The fourth-order valence-electron chi connectivity index (χ4n) is 4.51. The van der Waals surface area contributed by atoms with Gasteiger partial charge in [0.05, 0.1) is 33.1 Å². The van der Waals surface area contributed by atoms with E-state index < -0.39 is 6.04 Å². The third-order valence-corrected chi connectivity index (χ3v) is 10.5. The van der Waals surface area contributed by atoms with Gasteiger partial charge in [0.2, 0.25) is 0 Å². The first-order valence-electron chi connectivity index (χ1n) is 10.4. The Balaban J connectivity index is 1.77. The molecule has 0 saturated carbocycles. The highest BCUT2D eigenvalue weighted by atomic mass is 32.4. The summed E-state index contributed by atoms with van der Waals surface area (Å²) in [5, 5.41) is 0. The van der Waals surface area contributed by atoms with Gasteiger partial charge < -0.3 is 13.7 Å². The molecule has 6 nitrogen and oxygen atoms in total. The Bertz CT molecular complexity index is 1510. The molecule has 3 aromatic carbocycles. The first-order chi connectivity index (χ1) is 15.5. The molecule has 0 atom stereocenters. The second kappa shape index (κ2) is 6.86. The van der Waals surface area contributed by atoms with Crippen LogP contribution in [0.3, 0.4) is 0 Å². The number of benzene rings is 3. The second-order valence-electron chi connectivity index (χ2n) is 7.99.